The SMILES string of the molecule is Cc1cnc(Cl)c(NC(=O)c2cnns2)c1. The fourth-order valence-electron chi connectivity index (χ4n) is 1.09. The Labute approximate surface area is 101 Å². The maximum absolute atomic E-state index is 11.7. The van der Waals surface area contributed by atoms with Crippen LogP contribution in [0.2, 0.25) is 5.15 Å². The number of halogens is 1. The minimum atomic E-state index is -0.288. The number of carbonyl (C=O) groups excluding carboxylic acids is 1. The monoisotopic (exact) mass is 254 g/mol. The van der Waals surface area contributed by atoms with Crippen LogP contribution in [-0.4, -0.2) is 20.5 Å². The van der Waals surface area contributed by atoms with E-state index in [9.17, 15) is 4.79 Å². The number of pyridine rings is 1. The predicted octanol–water partition coefficient (Wildman–Crippen LogP) is 2.15. The van der Waals surface area contributed by atoms with Crippen LogP contribution in [0, 0.1) is 6.92 Å². The Bertz CT molecular complexity index is 514. The maximum atomic E-state index is 11.7. The van der Waals surface area contributed by atoms with Gasteiger partial charge in [-0.1, -0.05) is 16.1 Å². The molecule has 2 aromatic heterocycles. The molecule has 16 heavy (non-hydrogen) atoms. The van der Waals surface area contributed by atoms with Crippen molar-refractivity contribution < 1.29 is 4.79 Å². The van der Waals surface area contributed by atoms with Gasteiger partial charge in [0.2, 0.25) is 0 Å². The van der Waals surface area contributed by atoms with E-state index in [2.05, 4.69) is 19.9 Å². The summed E-state index contributed by atoms with van der Waals surface area (Å²) in [6.07, 6.45) is 3.03. The third kappa shape index (κ3) is 2.34. The van der Waals surface area contributed by atoms with Crippen molar-refractivity contribution in [3.05, 3.63) is 34.1 Å². The third-order valence-corrected chi connectivity index (χ3v) is 2.77. The van der Waals surface area contributed by atoms with Crippen LogP contribution in [0.4, 0.5) is 5.69 Å². The van der Waals surface area contributed by atoms with Gasteiger partial charge in [-0.3, -0.25) is 4.79 Å². The minimum Gasteiger partial charge on any atom is -0.319 e. The summed E-state index contributed by atoms with van der Waals surface area (Å²) < 4.78 is 3.61. The Morgan fingerprint density at radius 1 is 1.50 bits per heavy atom. The highest BCUT2D eigenvalue weighted by molar-refractivity contribution is 7.07. The Balaban J connectivity index is 2.21. The maximum Gasteiger partial charge on any atom is 0.269 e. The second kappa shape index (κ2) is 4.54. The lowest BCUT2D eigenvalue weighted by Crippen LogP contribution is -2.11. The van der Waals surface area contributed by atoms with E-state index in [4.69, 9.17) is 11.6 Å². The number of nitrogens with zero attached hydrogens (tertiary/aromatic N) is 3. The highest BCUT2D eigenvalue weighted by Crippen LogP contribution is 2.20. The number of aryl methyl sites for hydroxylation is 1. The smallest absolute Gasteiger partial charge is 0.269 e. The summed E-state index contributed by atoms with van der Waals surface area (Å²) >= 11 is 6.87. The predicted molar refractivity (Wildman–Crippen MR) is 61.8 cm³/mol. The number of nitrogens with one attached hydrogen (secondary N) is 1. The van der Waals surface area contributed by atoms with Crippen molar-refractivity contribution in [2.75, 3.05) is 5.32 Å². The zero-order valence-electron chi connectivity index (χ0n) is 8.27. The van der Waals surface area contributed by atoms with Gasteiger partial charge in [0.15, 0.2) is 5.15 Å². The Hall–Kier alpha value is -1.53. The number of carbonyl (C=O) groups is 1. The molecule has 2 rings (SSSR count). The molecule has 0 bridgehead atoms. The van der Waals surface area contributed by atoms with E-state index in [1.165, 1.54) is 6.20 Å². The van der Waals surface area contributed by atoms with Crippen LogP contribution in [0.25, 0.3) is 0 Å². The highest BCUT2D eigenvalue weighted by atomic mass is 35.5. The summed E-state index contributed by atoms with van der Waals surface area (Å²) in [6.45, 7) is 1.87. The number of amides is 1. The zero-order valence-corrected chi connectivity index (χ0v) is 9.84. The summed E-state index contributed by atoms with van der Waals surface area (Å²) in [5, 5.41) is 6.49. The van der Waals surface area contributed by atoms with Gasteiger partial charge in [0.05, 0.1) is 11.9 Å². The molecule has 7 heteroatoms. The number of hydrogen-bond acceptors (Lipinski definition) is 5. The molecule has 0 radical (unpaired) electrons. The Morgan fingerprint density at radius 3 is 3.00 bits per heavy atom. The van der Waals surface area contributed by atoms with Crippen LogP contribution < -0.4 is 5.32 Å². The molecule has 2 heterocycles. The van der Waals surface area contributed by atoms with Crippen molar-refractivity contribution in [3.8, 4) is 0 Å². The molecule has 2 aromatic rings. The molecule has 1 N–H and O–H groups in total. The van der Waals surface area contributed by atoms with Crippen LogP contribution in [0.5, 0.6) is 0 Å². The van der Waals surface area contributed by atoms with E-state index in [-0.39, 0.29) is 11.1 Å². The normalized spacial score (nSPS) is 10.1. The summed E-state index contributed by atoms with van der Waals surface area (Å²) in [5.41, 5.74) is 1.40. The molecule has 82 valence electrons. The Kier molecular flexibility index (Phi) is 3.12. The van der Waals surface area contributed by atoms with E-state index < -0.39 is 0 Å². The largest absolute Gasteiger partial charge is 0.319 e. The van der Waals surface area contributed by atoms with Crippen LogP contribution in [0.3, 0.4) is 0 Å². The first kappa shape index (κ1) is 11.0. The van der Waals surface area contributed by atoms with Crippen molar-refractivity contribution >= 4 is 34.7 Å². The lowest BCUT2D eigenvalue weighted by atomic mass is 10.3. The fraction of sp³-hybridized carbons (Fsp3) is 0.111. The quantitative estimate of drug-likeness (QED) is 0.834. The third-order valence-electron chi connectivity index (χ3n) is 1.81. The van der Waals surface area contributed by atoms with Crippen LogP contribution in [-0.2, 0) is 0 Å². The summed E-state index contributed by atoms with van der Waals surface area (Å²) in [4.78, 5) is 16.0. The first-order valence-electron chi connectivity index (χ1n) is 4.37. The molecule has 1 amide bonds. The van der Waals surface area contributed by atoms with E-state index in [0.29, 0.717) is 10.6 Å². The molecule has 5 nitrogen and oxygen atoms in total. The zero-order chi connectivity index (χ0) is 11.5. The molecule has 0 unspecified atom stereocenters. The molecule has 0 saturated heterocycles. The summed E-state index contributed by atoms with van der Waals surface area (Å²) in [5.74, 6) is -0.288. The molecule has 0 aliphatic rings. The van der Waals surface area contributed by atoms with Gasteiger partial charge >= 0.3 is 0 Å². The van der Waals surface area contributed by atoms with Crippen molar-refractivity contribution in [3.63, 3.8) is 0 Å². The lowest BCUT2D eigenvalue weighted by molar-refractivity contribution is 0.103. The first-order chi connectivity index (χ1) is 7.66. The van der Waals surface area contributed by atoms with Crippen LogP contribution in [0.1, 0.15) is 15.2 Å². The first-order valence-corrected chi connectivity index (χ1v) is 5.53. The van der Waals surface area contributed by atoms with Gasteiger partial charge in [0.25, 0.3) is 5.91 Å². The van der Waals surface area contributed by atoms with E-state index >= 15 is 0 Å². The summed E-state index contributed by atoms with van der Waals surface area (Å²) in [6, 6.07) is 1.75. The van der Waals surface area contributed by atoms with Crippen molar-refractivity contribution in [1.82, 2.24) is 14.6 Å². The van der Waals surface area contributed by atoms with Crippen LogP contribution >= 0.6 is 23.1 Å². The van der Waals surface area contributed by atoms with Gasteiger partial charge in [-0.25, -0.2) is 4.98 Å². The van der Waals surface area contributed by atoms with Crippen molar-refractivity contribution in [2.24, 2.45) is 0 Å². The van der Waals surface area contributed by atoms with Gasteiger partial charge in [0, 0.05) is 6.20 Å². The summed E-state index contributed by atoms with van der Waals surface area (Å²) in [7, 11) is 0. The molecule has 0 spiro atoms. The highest BCUT2D eigenvalue weighted by Gasteiger charge is 2.11. The fourth-order valence-corrected chi connectivity index (χ4v) is 1.65. The topological polar surface area (TPSA) is 67.8 Å². The number of aromatic nitrogens is 3. The van der Waals surface area contributed by atoms with Gasteiger partial charge in [-0.2, -0.15) is 0 Å². The molecule has 0 aliphatic carbocycles. The minimum absolute atomic E-state index is 0.261. The van der Waals surface area contributed by atoms with Crippen molar-refractivity contribution in [1.29, 1.82) is 0 Å². The van der Waals surface area contributed by atoms with Crippen molar-refractivity contribution in [2.45, 2.75) is 6.92 Å². The molecular weight excluding hydrogens is 248 g/mol. The van der Waals surface area contributed by atoms with Gasteiger partial charge in [-0.15, -0.1) is 5.10 Å². The lowest BCUT2D eigenvalue weighted by Gasteiger charge is -2.05. The molecular formula is C9H7ClN4OS. The average Bonchev–Trinajstić information content (AvgIpc) is 2.76. The number of anilines is 1. The van der Waals surface area contributed by atoms with Gasteiger partial charge in [0.1, 0.15) is 4.88 Å². The Morgan fingerprint density at radius 2 is 2.31 bits per heavy atom. The van der Waals surface area contributed by atoms with Crippen LogP contribution in [0.15, 0.2) is 18.5 Å². The second-order valence-corrected chi connectivity index (χ2v) is 4.23. The molecule has 0 atom stereocenters. The van der Waals surface area contributed by atoms with E-state index in [0.717, 1.165) is 17.1 Å². The average molecular weight is 255 g/mol. The van der Waals surface area contributed by atoms with Gasteiger partial charge in [-0.05, 0) is 30.1 Å². The van der Waals surface area contributed by atoms with Gasteiger partial charge < -0.3 is 5.32 Å². The number of rotatable bonds is 2. The molecule has 0 saturated carbocycles. The molecule has 0 aliphatic heterocycles. The molecule has 0 aromatic carbocycles. The van der Waals surface area contributed by atoms with E-state index in [1.807, 2.05) is 6.92 Å². The molecule has 0 fully saturated rings. The van der Waals surface area contributed by atoms with E-state index in [1.54, 1.807) is 12.3 Å². The number of hydrogen-bond donors (Lipinski definition) is 1. The standard InChI is InChI=1S/C9H7ClN4OS/c1-5-2-6(8(10)11-3-5)13-9(15)7-4-12-14-16-7/h2-4H,1H3,(H,13,15). The second-order valence-electron chi connectivity index (χ2n) is 3.09.